The topological polar surface area (TPSA) is 77.5 Å². The van der Waals surface area contributed by atoms with Gasteiger partial charge >= 0.3 is 0 Å². The van der Waals surface area contributed by atoms with Gasteiger partial charge in [0.2, 0.25) is 10.3 Å². The Labute approximate surface area is 215 Å². The Bertz CT molecular complexity index is 1100. The molecule has 6 nitrogen and oxygen atoms in total. The molecule has 0 radical (unpaired) electrons. The number of anilines is 1. The van der Waals surface area contributed by atoms with Crippen LogP contribution in [0.3, 0.4) is 0 Å². The first-order valence-electron chi connectivity index (χ1n) is 11.9. The maximum atomic E-state index is 10.0. The minimum Gasteiger partial charge on any atom is -0.363 e. The Balaban J connectivity index is 1.85. The maximum Gasteiger partial charge on any atom is 0.250 e. The van der Waals surface area contributed by atoms with Crippen LogP contribution in [0.2, 0.25) is 0 Å². The molecule has 1 aromatic carbocycles. The molecule has 0 spiro atoms. The summed E-state index contributed by atoms with van der Waals surface area (Å²) in [5.74, 6) is 1.73. The molecule has 34 heavy (non-hydrogen) atoms. The zero-order chi connectivity index (χ0) is 24.3. The Hall–Kier alpha value is -2.28. The highest BCUT2D eigenvalue weighted by Gasteiger charge is 2.23. The number of nitriles is 1. The Kier molecular flexibility index (Phi) is 10.5. The molecular weight excluding hydrogens is 481 g/mol. The van der Waals surface area contributed by atoms with E-state index in [4.69, 9.17) is 0 Å². The number of rotatable bonds is 13. The molecule has 0 fully saturated rings. The zero-order valence-electron chi connectivity index (χ0n) is 20.3. The number of unbranched alkanes of at least 4 members (excludes halogenated alkanes) is 1. The molecule has 2 heterocycles. The van der Waals surface area contributed by atoms with Crippen molar-refractivity contribution in [2.24, 2.45) is 16.1 Å². The highest BCUT2D eigenvalue weighted by atomic mass is 32.2. The fraction of sp³-hybridized carbons (Fsp3) is 0.480. The fourth-order valence-electron chi connectivity index (χ4n) is 3.67. The number of benzene rings is 1. The molecule has 0 aliphatic carbocycles. The van der Waals surface area contributed by atoms with Crippen LogP contribution in [-0.2, 0) is 0 Å². The SMILES string of the molecule is CCCCC(CC)CSc1nsc(N=Nc2sc(N(CC)CC)c(C#N)c2-c2ccccc2)n1. The van der Waals surface area contributed by atoms with E-state index in [1.807, 2.05) is 30.3 Å². The van der Waals surface area contributed by atoms with Gasteiger partial charge in [-0.1, -0.05) is 86.5 Å². The summed E-state index contributed by atoms with van der Waals surface area (Å²) in [6.07, 6.45) is 4.94. The third-order valence-corrected chi connectivity index (χ3v) is 8.64. The molecule has 3 rings (SSSR count). The van der Waals surface area contributed by atoms with E-state index in [0.29, 0.717) is 16.6 Å². The van der Waals surface area contributed by atoms with E-state index in [0.717, 1.165) is 45.1 Å². The maximum absolute atomic E-state index is 10.0. The molecule has 0 aliphatic rings. The van der Waals surface area contributed by atoms with Gasteiger partial charge in [0.1, 0.15) is 16.1 Å². The third-order valence-electron chi connectivity index (χ3n) is 5.71. The van der Waals surface area contributed by atoms with Crippen LogP contribution in [0.25, 0.3) is 11.1 Å². The smallest absolute Gasteiger partial charge is 0.250 e. The third kappa shape index (κ3) is 6.65. The molecule has 3 aromatic rings. The first-order chi connectivity index (χ1) is 16.6. The Morgan fingerprint density at radius 3 is 2.53 bits per heavy atom. The largest absolute Gasteiger partial charge is 0.363 e. The summed E-state index contributed by atoms with van der Waals surface area (Å²) in [5, 5.41) is 22.0. The van der Waals surface area contributed by atoms with Crippen LogP contribution in [0.4, 0.5) is 15.1 Å². The number of nitrogens with zero attached hydrogens (tertiary/aromatic N) is 6. The van der Waals surface area contributed by atoms with Crippen LogP contribution in [0.15, 0.2) is 45.7 Å². The van der Waals surface area contributed by atoms with Crippen molar-refractivity contribution < 1.29 is 0 Å². The van der Waals surface area contributed by atoms with Crippen LogP contribution >= 0.6 is 34.6 Å². The highest BCUT2D eigenvalue weighted by molar-refractivity contribution is 7.99. The molecule has 1 unspecified atom stereocenters. The number of azo groups is 1. The molecule has 2 aromatic heterocycles. The quantitative estimate of drug-likeness (QED) is 0.169. The van der Waals surface area contributed by atoms with Crippen molar-refractivity contribution in [1.29, 1.82) is 5.26 Å². The second-order valence-electron chi connectivity index (χ2n) is 7.90. The van der Waals surface area contributed by atoms with E-state index in [1.54, 1.807) is 11.8 Å². The van der Waals surface area contributed by atoms with E-state index < -0.39 is 0 Å². The molecular formula is C25H32N6S3. The van der Waals surface area contributed by atoms with Crippen LogP contribution in [0.1, 0.15) is 58.9 Å². The first-order valence-corrected chi connectivity index (χ1v) is 14.5. The molecule has 0 aliphatic heterocycles. The molecule has 0 bridgehead atoms. The predicted octanol–water partition coefficient (Wildman–Crippen LogP) is 8.71. The van der Waals surface area contributed by atoms with E-state index >= 15 is 0 Å². The molecule has 180 valence electrons. The summed E-state index contributed by atoms with van der Waals surface area (Å²) in [5.41, 5.74) is 2.45. The minimum atomic E-state index is 0.541. The predicted molar refractivity (Wildman–Crippen MR) is 146 cm³/mol. The molecule has 0 amide bonds. The number of thioether (sulfide) groups is 1. The lowest BCUT2D eigenvalue weighted by atomic mass is 10.0. The van der Waals surface area contributed by atoms with Gasteiger partial charge in [-0.15, -0.1) is 10.2 Å². The van der Waals surface area contributed by atoms with Crippen molar-refractivity contribution >= 4 is 49.8 Å². The summed E-state index contributed by atoms with van der Waals surface area (Å²) in [7, 11) is 0. The summed E-state index contributed by atoms with van der Waals surface area (Å²) in [6.45, 7) is 10.3. The van der Waals surface area contributed by atoms with Gasteiger partial charge in [0.05, 0.1) is 5.56 Å². The molecule has 1 atom stereocenters. The lowest BCUT2D eigenvalue weighted by molar-refractivity contribution is 0.499. The van der Waals surface area contributed by atoms with E-state index in [1.165, 1.54) is 48.6 Å². The van der Waals surface area contributed by atoms with Crippen molar-refractivity contribution in [1.82, 2.24) is 9.36 Å². The van der Waals surface area contributed by atoms with Crippen molar-refractivity contribution in [3.8, 4) is 17.2 Å². The van der Waals surface area contributed by atoms with Crippen molar-refractivity contribution in [3.05, 3.63) is 35.9 Å². The van der Waals surface area contributed by atoms with Gasteiger partial charge < -0.3 is 4.90 Å². The summed E-state index contributed by atoms with van der Waals surface area (Å²) >= 11 is 4.48. The Morgan fingerprint density at radius 2 is 1.88 bits per heavy atom. The van der Waals surface area contributed by atoms with Crippen molar-refractivity contribution in [2.45, 2.75) is 58.5 Å². The lowest BCUT2D eigenvalue weighted by Crippen LogP contribution is -2.21. The van der Waals surface area contributed by atoms with Crippen LogP contribution < -0.4 is 4.90 Å². The number of hydrogen-bond acceptors (Lipinski definition) is 9. The lowest BCUT2D eigenvalue weighted by Gasteiger charge is -2.19. The van der Waals surface area contributed by atoms with E-state index in [-0.39, 0.29) is 0 Å². The van der Waals surface area contributed by atoms with Crippen molar-refractivity contribution in [2.75, 3.05) is 23.7 Å². The summed E-state index contributed by atoms with van der Waals surface area (Å²) in [4.78, 5) is 6.76. The highest BCUT2D eigenvalue weighted by Crippen LogP contribution is 2.47. The molecule has 0 saturated heterocycles. The van der Waals surface area contributed by atoms with Gasteiger partial charge in [-0.25, -0.2) is 0 Å². The van der Waals surface area contributed by atoms with Gasteiger partial charge in [0, 0.05) is 35.9 Å². The van der Waals surface area contributed by atoms with Crippen molar-refractivity contribution in [3.63, 3.8) is 0 Å². The van der Waals surface area contributed by atoms with Gasteiger partial charge in [0.25, 0.3) is 0 Å². The van der Waals surface area contributed by atoms with Gasteiger partial charge in [-0.05, 0) is 31.7 Å². The molecule has 9 heteroatoms. The second-order valence-corrected chi connectivity index (χ2v) is 10.6. The van der Waals surface area contributed by atoms with Crippen LogP contribution in [-0.4, -0.2) is 28.2 Å². The van der Waals surface area contributed by atoms with Gasteiger partial charge in [0.15, 0.2) is 0 Å². The summed E-state index contributed by atoms with van der Waals surface area (Å²) in [6, 6.07) is 12.4. The summed E-state index contributed by atoms with van der Waals surface area (Å²) < 4.78 is 4.47. The van der Waals surface area contributed by atoms with Crippen LogP contribution in [0.5, 0.6) is 0 Å². The Morgan fingerprint density at radius 1 is 1.12 bits per heavy atom. The number of aromatic nitrogens is 2. The molecule has 0 N–H and O–H groups in total. The fourth-order valence-corrected chi connectivity index (χ4v) is 6.62. The number of thiophene rings is 1. The molecule has 0 saturated carbocycles. The normalized spacial score (nSPS) is 12.2. The first kappa shape index (κ1) is 26.3. The number of hydrogen-bond donors (Lipinski definition) is 0. The van der Waals surface area contributed by atoms with E-state index in [9.17, 15) is 5.26 Å². The average molecular weight is 513 g/mol. The van der Waals surface area contributed by atoms with Crippen LogP contribution in [0, 0.1) is 17.2 Å². The minimum absolute atomic E-state index is 0.541. The second kappa shape index (κ2) is 13.6. The zero-order valence-corrected chi connectivity index (χ0v) is 22.8. The van der Waals surface area contributed by atoms with Gasteiger partial charge in [-0.2, -0.15) is 14.6 Å². The average Bonchev–Trinajstić information content (AvgIpc) is 3.48. The van der Waals surface area contributed by atoms with Gasteiger partial charge in [-0.3, -0.25) is 0 Å². The standard InChI is InChI=1S/C25H32N6S3/c1-5-9-13-18(6-2)17-32-25-27-24(34-30-25)29-28-22-21(19-14-11-10-12-15-19)20(16-26)23(33-22)31(7-3)8-4/h10-12,14-15,18H,5-9,13,17H2,1-4H3. The van der Waals surface area contributed by atoms with E-state index in [2.05, 4.69) is 58.3 Å². The monoisotopic (exact) mass is 512 g/mol.